The molecule has 3 nitrogen and oxygen atoms in total. The van der Waals surface area contributed by atoms with Crippen molar-refractivity contribution in [2.24, 2.45) is 0 Å². The minimum atomic E-state index is -6.98. The second kappa shape index (κ2) is 8.86. The summed E-state index contributed by atoms with van der Waals surface area (Å²) >= 11 is 2.05. The van der Waals surface area contributed by atoms with Gasteiger partial charge in [-0.25, -0.2) is 15.0 Å². The fourth-order valence-electron chi connectivity index (χ4n) is 1.75. The zero-order chi connectivity index (χ0) is 29.4. The van der Waals surface area contributed by atoms with Crippen molar-refractivity contribution >= 4 is 47.8 Å². The molecule has 0 fully saturated rings. The molecular formula is C12Br3F18N3. The topological polar surface area (TPSA) is 38.7 Å². The highest BCUT2D eigenvalue weighted by atomic mass is 79.9. The van der Waals surface area contributed by atoms with Crippen LogP contribution in [0.5, 0.6) is 0 Å². The van der Waals surface area contributed by atoms with Gasteiger partial charge in [-0.15, -0.1) is 0 Å². The van der Waals surface area contributed by atoms with Crippen LogP contribution in [0.2, 0.25) is 0 Å². The summed E-state index contributed by atoms with van der Waals surface area (Å²) in [5.74, 6) is -53.3. The first-order valence-electron chi connectivity index (χ1n) is 7.56. The van der Waals surface area contributed by atoms with Crippen LogP contribution >= 0.6 is 47.8 Å². The van der Waals surface area contributed by atoms with E-state index < -0.39 is 67.5 Å². The predicted octanol–water partition coefficient (Wildman–Crippen LogP) is 8.02. The molecule has 0 saturated carbocycles. The smallest absolute Gasteiger partial charge is 0.205 e. The number of alkyl halides is 21. The summed E-state index contributed by atoms with van der Waals surface area (Å²) in [6, 6.07) is 0. The van der Waals surface area contributed by atoms with Crippen molar-refractivity contribution in [3.05, 3.63) is 17.5 Å². The SMILES string of the molecule is FC(F)(Br)C(F)(F)C(F)(F)c1nc(C(F)(F)C(F)(F)C(F)(F)Br)nc(C(F)(F)C(F)(F)C(F)(F)Br)n1. The van der Waals surface area contributed by atoms with E-state index in [0.717, 1.165) is 0 Å². The lowest BCUT2D eigenvalue weighted by Gasteiger charge is -2.32. The lowest BCUT2D eigenvalue weighted by atomic mass is 10.1. The zero-order valence-electron chi connectivity index (χ0n) is 15.3. The molecule has 1 rings (SSSR count). The zero-order valence-corrected chi connectivity index (χ0v) is 20.0. The van der Waals surface area contributed by atoms with Crippen LogP contribution in [-0.2, 0) is 17.8 Å². The summed E-state index contributed by atoms with van der Waals surface area (Å²) in [6.07, 6.45) is 0. The molecule has 1 aromatic rings. The number of hydrogen-bond donors (Lipinski definition) is 0. The molecule has 0 N–H and O–H groups in total. The van der Waals surface area contributed by atoms with E-state index in [1.54, 1.807) is 0 Å². The molecule has 0 radical (unpaired) electrons. The van der Waals surface area contributed by atoms with Gasteiger partial charge in [-0.3, -0.25) is 0 Å². The number of halogens is 21. The van der Waals surface area contributed by atoms with Crippen LogP contribution in [0.25, 0.3) is 0 Å². The number of rotatable bonds is 9. The van der Waals surface area contributed by atoms with Crippen molar-refractivity contribution in [2.45, 2.75) is 50.0 Å². The fourth-order valence-corrected chi connectivity index (χ4v) is 2.50. The molecule has 0 aliphatic carbocycles. The van der Waals surface area contributed by atoms with E-state index in [-0.39, 0.29) is 0 Å². The Morgan fingerprint density at radius 1 is 0.333 bits per heavy atom. The van der Waals surface area contributed by atoms with E-state index in [1.165, 1.54) is 15.0 Å². The van der Waals surface area contributed by atoms with Crippen LogP contribution in [0.3, 0.4) is 0 Å². The fraction of sp³-hybridized carbons (Fsp3) is 0.750. The van der Waals surface area contributed by atoms with Crippen LogP contribution in [0.4, 0.5) is 79.0 Å². The molecule has 0 spiro atoms. The molecule has 0 atom stereocenters. The molecule has 210 valence electrons. The summed E-state index contributed by atoms with van der Waals surface area (Å²) in [5.41, 5.74) is 0. The largest absolute Gasteiger partial charge is 0.389 e. The van der Waals surface area contributed by atoms with Crippen LogP contribution in [0.15, 0.2) is 0 Å². The van der Waals surface area contributed by atoms with Crippen molar-refractivity contribution in [1.29, 1.82) is 0 Å². The molecular weight excluding hydrogens is 768 g/mol. The van der Waals surface area contributed by atoms with Crippen LogP contribution in [0.1, 0.15) is 17.5 Å². The average Bonchev–Trinajstić information content (AvgIpc) is 2.64. The number of nitrogens with zero attached hydrogens (tertiary/aromatic N) is 3. The molecule has 0 unspecified atom stereocenters. The number of hydrogen-bond acceptors (Lipinski definition) is 3. The van der Waals surface area contributed by atoms with Crippen LogP contribution < -0.4 is 0 Å². The summed E-state index contributed by atoms with van der Waals surface area (Å²) in [5, 5.41) is 0. The standard InChI is InChI=1S/C12Br3F18N3/c13-10(28,29)7(22,23)4(16,17)1-34-2(5(18,19)8(24,25)11(14,30)31)36-3(35-1)6(20,21)9(26,27)12(15,32)33. The van der Waals surface area contributed by atoms with Crippen molar-refractivity contribution < 1.29 is 79.0 Å². The molecule has 0 aromatic carbocycles. The van der Waals surface area contributed by atoms with E-state index in [2.05, 4.69) is 0 Å². The summed E-state index contributed by atoms with van der Waals surface area (Å²) < 4.78 is 243. The van der Waals surface area contributed by atoms with Gasteiger partial charge in [-0.05, 0) is 47.8 Å². The average molecular weight is 768 g/mol. The molecule has 1 heterocycles. The Morgan fingerprint density at radius 3 is 0.583 bits per heavy atom. The molecule has 0 amide bonds. The Morgan fingerprint density at radius 2 is 0.472 bits per heavy atom. The molecule has 0 bridgehead atoms. The quantitative estimate of drug-likeness (QED) is 0.189. The third-order valence-electron chi connectivity index (χ3n) is 3.73. The van der Waals surface area contributed by atoms with Crippen LogP contribution in [-0.4, -0.2) is 47.2 Å². The molecule has 0 aliphatic rings. The lowest BCUT2D eigenvalue weighted by molar-refractivity contribution is -0.293. The second-order valence-corrected chi connectivity index (χ2v) is 9.23. The van der Waals surface area contributed by atoms with Crippen molar-refractivity contribution in [1.82, 2.24) is 15.0 Å². The van der Waals surface area contributed by atoms with Gasteiger partial charge in [-0.2, -0.15) is 79.0 Å². The van der Waals surface area contributed by atoms with E-state index >= 15 is 0 Å². The maximum Gasteiger partial charge on any atom is 0.389 e. The van der Waals surface area contributed by atoms with Crippen LogP contribution in [0, 0.1) is 0 Å². The van der Waals surface area contributed by atoms with Gasteiger partial charge in [0, 0.05) is 0 Å². The Bertz CT molecular complexity index is 844. The normalized spacial score (nSPS) is 15.9. The highest BCUT2D eigenvalue weighted by molar-refractivity contribution is 9.10. The van der Waals surface area contributed by atoms with Gasteiger partial charge in [0.2, 0.25) is 17.5 Å². The van der Waals surface area contributed by atoms with Gasteiger partial charge in [0.25, 0.3) is 0 Å². The second-order valence-electron chi connectivity index (χ2n) is 6.25. The molecule has 24 heteroatoms. The monoisotopic (exact) mass is 765 g/mol. The molecule has 0 saturated heterocycles. The Hall–Kier alpha value is -0.810. The highest BCUT2D eigenvalue weighted by Gasteiger charge is 2.77. The van der Waals surface area contributed by atoms with E-state index in [4.69, 9.17) is 0 Å². The Kier molecular flexibility index (Phi) is 8.18. The minimum Gasteiger partial charge on any atom is -0.205 e. The first kappa shape index (κ1) is 33.2. The Balaban J connectivity index is 4.21. The van der Waals surface area contributed by atoms with Gasteiger partial charge >= 0.3 is 50.0 Å². The number of aromatic nitrogens is 3. The van der Waals surface area contributed by atoms with Gasteiger partial charge in [0.1, 0.15) is 0 Å². The summed E-state index contributed by atoms with van der Waals surface area (Å²) in [4.78, 5) is -14.1. The van der Waals surface area contributed by atoms with E-state index in [9.17, 15) is 79.0 Å². The molecule has 36 heavy (non-hydrogen) atoms. The summed E-state index contributed by atoms with van der Waals surface area (Å²) in [7, 11) is 0. The first-order valence-corrected chi connectivity index (χ1v) is 9.94. The van der Waals surface area contributed by atoms with Gasteiger partial charge in [0.05, 0.1) is 0 Å². The van der Waals surface area contributed by atoms with Crippen molar-refractivity contribution in [3.63, 3.8) is 0 Å². The molecule has 1 aromatic heterocycles. The van der Waals surface area contributed by atoms with E-state index in [1.807, 2.05) is 0 Å². The van der Waals surface area contributed by atoms with Gasteiger partial charge < -0.3 is 0 Å². The van der Waals surface area contributed by atoms with Crippen molar-refractivity contribution in [2.75, 3.05) is 0 Å². The maximum absolute atomic E-state index is 14.0. The predicted molar refractivity (Wildman–Crippen MR) is 88.0 cm³/mol. The third-order valence-corrected chi connectivity index (χ3v) is 5.22. The molecule has 0 aliphatic heterocycles. The Labute approximate surface area is 209 Å². The maximum atomic E-state index is 14.0. The summed E-state index contributed by atoms with van der Waals surface area (Å²) in [6.45, 7) is 0. The third kappa shape index (κ3) is 4.97. The lowest BCUT2D eigenvalue weighted by Crippen LogP contribution is -2.54. The van der Waals surface area contributed by atoms with Gasteiger partial charge in [0.15, 0.2) is 0 Å². The minimum absolute atomic E-state index is 0.683. The van der Waals surface area contributed by atoms with Crippen molar-refractivity contribution in [3.8, 4) is 0 Å². The highest BCUT2D eigenvalue weighted by Crippen LogP contribution is 2.57. The first-order chi connectivity index (χ1) is 15.3. The van der Waals surface area contributed by atoms with Gasteiger partial charge in [-0.1, -0.05) is 0 Å². The van der Waals surface area contributed by atoms with E-state index in [0.29, 0.717) is 47.8 Å².